The summed E-state index contributed by atoms with van der Waals surface area (Å²) in [5.41, 5.74) is 0. The molecule has 0 aliphatic heterocycles. The monoisotopic (exact) mass is 260 g/mol. The quantitative estimate of drug-likeness (QED) is 0.614. The second-order valence-corrected chi connectivity index (χ2v) is 6.35. The molecule has 0 radical (unpaired) electrons. The summed E-state index contributed by atoms with van der Waals surface area (Å²) in [5, 5.41) is 4.33. The van der Waals surface area contributed by atoms with Gasteiger partial charge >= 0.3 is 0 Å². The van der Waals surface area contributed by atoms with Crippen molar-refractivity contribution >= 4 is 11.8 Å². The van der Waals surface area contributed by atoms with Gasteiger partial charge < -0.3 is 10.2 Å². The van der Waals surface area contributed by atoms with Crippen LogP contribution in [0.5, 0.6) is 0 Å². The number of hydrogen-bond acceptors (Lipinski definition) is 3. The first kappa shape index (κ1) is 17.3. The van der Waals surface area contributed by atoms with Crippen LogP contribution in [0, 0.1) is 0 Å². The molecular weight excluding hydrogens is 228 g/mol. The highest BCUT2D eigenvalue weighted by Crippen LogP contribution is 2.15. The summed E-state index contributed by atoms with van der Waals surface area (Å²) in [6.07, 6.45) is 2.51. The van der Waals surface area contributed by atoms with Gasteiger partial charge in [-0.1, -0.05) is 27.7 Å². The second-order valence-electron chi connectivity index (χ2n) is 4.80. The van der Waals surface area contributed by atoms with Crippen LogP contribution in [0.3, 0.4) is 0 Å². The standard InChI is InChI=1S/C14H32N2S/c1-6-9-15-13(4)12-14(5)17-11-10-16(7-2)8-3/h13-15H,6-12H2,1-5H3. The number of rotatable bonds is 11. The van der Waals surface area contributed by atoms with E-state index in [9.17, 15) is 0 Å². The first-order chi connectivity index (χ1) is 8.13. The highest BCUT2D eigenvalue weighted by molar-refractivity contribution is 7.99. The fraction of sp³-hybridized carbons (Fsp3) is 1.00. The van der Waals surface area contributed by atoms with E-state index in [4.69, 9.17) is 0 Å². The van der Waals surface area contributed by atoms with Crippen molar-refractivity contribution in [2.45, 2.75) is 58.8 Å². The summed E-state index contributed by atoms with van der Waals surface area (Å²) in [5.74, 6) is 1.27. The largest absolute Gasteiger partial charge is 0.314 e. The number of nitrogens with zero attached hydrogens (tertiary/aromatic N) is 1. The van der Waals surface area contributed by atoms with E-state index in [0.29, 0.717) is 6.04 Å². The maximum atomic E-state index is 3.56. The van der Waals surface area contributed by atoms with E-state index in [0.717, 1.165) is 11.8 Å². The predicted octanol–water partition coefficient (Wildman–Crippen LogP) is 3.23. The first-order valence-electron chi connectivity index (χ1n) is 7.21. The lowest BCUT2D eigenvalue weighted by Gasteiger charge is -2.21. The van der Waals surface area contributed by atoms with Crippen molar-refractivity contribution in [3.8, 4) is 0 Å². The molecule has 1 N–H and O–H groups in total. The van der Waals surface area contributed by atoms with Gasteiger partial charge in [0, 0.05) is 23.6 Å². The zero-order valence-electron chi connectivity index (χ0n) is 12.5. The van der Waals surface area contributed by atoms with Crippen molar-refractivity contribution in [3.63, 3.8) is 0 Å². The van der Waals surface area contributed by atoms with E-state index in [1.54, 1.807) is 0 Å². The van der Waals surface area contributed by atoms with Crippen LogP contribution in [0.2, 0.25) is 0 Å². The van der Waals surface area contributed by atoms with Crippen LogP contribution < -0.4 is 5.32 Å². The van der Waals surface area contributed by atoms with Crippen molar-refractivity contribution in [2.75, 3.05) is 31.9 Å². The average Bonchev–Trinajstić information content (AvgIpc) is 2.32. The average molecular weight is 260 g/mol. The summed E-state index contributed by atoms with van der Waals surface area (Å²) in [6, 6.07) is 0.658. The fourth-order valence-electron chi connectivity index (χ4n) is 1.96. The second kappa shape index (κ2) is 11.4. The molecule has 0 saturated heterocycles. The van der Waals surface area contributed by atoms with Gasteiger partial charge in [-0.3, -0.25) is 0 Å². The van der Waals surface area contributed by atoms with Crippen LogP contribution in [0.1, 0.15) is 47.5 Å². The van der Waals surface area contributed by atoms with Gasteiger partial charge in [0.2, 0.25) is 0 Å². The smallest absolute Gasteiger partial charge is 0.00722 e. The van der Waals surface area contributed by atoms with E-state index in [1.807, 2.05) is 0 Å². The third kappa shape index (κ3) is 9.93. The van der Waals surface area contributed by atoms with Crippen LogP contribution in [-0.4, -0.2) is 48.1 Å². The Labute approximate surface area is 113 Å². The van der Waals surface area contributed by atoms with Crippen LogP contribution in [-0.2, 0) is 0 Å². The molecule has 2 nitrogen and oxygen atoms in total. The Hall–Kier alpha value is 0.270. The normalized spacial score (nSPS) is 15.2. The minimum atomic E-state index is 0.658. The highest BCUT2D eigenvalue weighted by atomic mass is 32.2. The summed E-state index contributed by atoms with van der Waals surface area (Å²) >= 11 is 2.12. The Bertz CT molecular complexity index is 160. The Balaban J connectivity index is 3.54. The molecule has 0 aliphatic carbocycles. The van der Waals surface area contributed by atoms with Gasteiger partial charge in [-0.2, -0.15) is 11.8 Å². The first-order valence-corrected chi connectivity index (χ1v) is 8.26. The summed E-state index contributed by atoms with van der Waals surface area (Å²) in [6.45, 7) is 16.1. The molecule has 0 saturated carbocycles. The Morgan fingerprint density at radius 1 is 1.12 bits per heavy atom. The molecule has 0 rings (SSSR count). The van der Waals surface area contributed by atoms with Crippen LogP contribution in [0.15, 0.2) is 0 Å². The zero-order valence-corrected chi connectivity index (χ0v) is 13.3. The van der Waals surface area contributed by atoms with Crippen molar-refractivity contribution < 1.29 is 0 Å². The number of nitrogens with one attached hydrogen (secondary N) is 1. The molecule has 2 atom stereocenters. The summed E-state index contributed by atoms with van der Waals surface area (Å²) < 4.78 is 0. The molecule has 0 aliphatic rings. The van der Waals surface area contributed by atoms with Crippen LogP contribution in [0.25, 0.3) is 0 Å². The van der Waals surface area contributed by atoms with Gasteiger partial charge in [0.05, 0.1) is 0 Å². The minimum absolute atomic E-state index is 0.658. The molecule has 0 spiro atoms. The van der Waals surface area contributed by atoms with E-state index >= 15 is 0 Å². The zero-order chi connectivity index (χ0) is 13.1. The molecule has 0 amide bonds. The lowest BCUT2D eigenvalue weighted by atomic mass is 10.2. The lowest BCUT2D eigenvalue weighted by Crippen LogP contribution is -2.30. The van der Waals surface area contributed by atoms with Crippen molar-refractivity contribution in [1.82, 2.24) is 10.2 Å². The summed E-state index contributed by atoms with van der Waals surface area (Å²) in [4.78, 5) is 2.50. The number of thioether (sulfide) groups is 1. The van der Waals surface area contributed by atoms with Gasteiger partial charge in [0.25, 0.3) is 0 Å². The van der Waals surface area contributed by atoms with E-state index < -0.39 is 0 Å². The Morgan fingerprint density at radius 3 is 2.29 bits per heavy atom. The molecule has 3 heteroatoms. The van der Waals surface area contributed by atoms with Crippen LogP contribution >= 0.6 is 11.8 Å². The Kier molecular flexibility index (Phi) is 11.5. The van der Waals surface area contributed by atoms with Gasteiger partial charge in [-0.25, -0.2) is 0 Å². The van der Waals surface area contributed by atoms with Crippen molar-refractivity contribution in [1.29, 1.82) is 0 Å². The topological polar surface area (TPSA) is 15.3 Å². The fourth-order valence-corrected chi connectivity index (χ4v) is 3.15. The SMILES string of the molecule is CCCNC(C)CC(C)SCCN(CC)CC. The molecule has 0 fully saturated rings. The molecule has 0 aromatic heterocycles. The minimum Gasteiger partial charge on any atom is -0.314 e. The lowest BCUT2D eigenvalue weighted by molar-refractivity contribution is 0.323. The molecule has 104 valence electrons. The van der Waals surface area contributed by atoms with Crippen molar-refractivity contribution in [2.24, 2.45) is 0 Å². The third-order valence-electron chi connectivity index (χ3n) is 3.13. The maximum Gasteiger partial charge on any atom is 0.00722 e. The van der Waals surface area contributed by atoms with Crippen molar-refractivity contribution in [3.05, 3.63) is 0 Å². The number of hydrogen-bond donors (Lipinski definition) is 1. The van der Waals surface area contributed by atoms with Crippen LogP contribution in [0.4, 0.5) is 0 Å². The van der Waals surface area contributed by atoms with Gasteiger partial charge in [0.15, 0.2) is 0 Å². The highest BCUT2D eigenvalue weighted by Gasteiger charge is 2.08. The Morgan fingerprint density at radius 2 is 1.76 bits per heavy atom. The third-order valence-corrected chi connectivity index (χ3v) is 4.31. The van der Waals surface area contributed by atoms with E-state index in [2.05, 4.69) is 56.6 Å². The maximum absolute atomic E-state index is 3.56. The molecule has 2 unspecified atom stereocenters. The molecular formula is C14H32N2S. The van der Waals surface area contributed by atoms with Gasteiger partial charge in [-0.15, -0.1) is 0 Å². The molecule has 0 heterocycles. The molecule has 0 aromatic rings. The van der Waals surface area contributed by atoms with Gasteiger partial charge in [-0.05, 0) is 39.4 Å². The molecule has 0 bridgehead atoms. The van der Waals surface area contributed by atoms with Gasteiger partial charge in [0.1, 0.15) is 0 Å². The summed E-state index contributed by atoms with van der Waals surface area (Å²) in [7, 11) is 0. The van der Waals surface area contributed by atoms with E-state index in [1.165, 1.54) is 38.2 Å². The van der Waals surface area contributed by atoms with E-state index in [-0.39, 0.29) is 0 Å². The molecule has 17 heavy (non-hydrogen) atoms. The molecule has 0 aromatic carbocycles. The predicted molar refractivity (Wildman–Crippen MR) is 82.1 cm³/mol.